The number of hydrogen-bond acceptors (Lipinski definition) is 2. The predicted molar refractivity (Wildman–Crippen MR) is 84.1 cm³/mol. The van der Waals surface area contributed by atoms with Crippen molar-refractivity contribution in [3.05, 3.63) is 0 Å². The van der Waals surface area contributed by atoms with Crippen molar-refractivity contribution in [3.63, 3.8) is 0 Å². The predicted octanol–water partition coefficient (Wildman–Crippen LogP) is 2.50. The van der Waals surface area contributed by atoms with Gasteiger partial charge in [-0.15, -0.1) is 0 Å². The Morgan fingerprint density at radius 2 is 2.20 bits per heavy atom. The molecule has 1 saturated carbocycles. The van der Waals surface area contributed by atoms with E-state index in [0.29, 0.717) is 5.41 Å². The lowest BCUT2D eigenvalue weighted by molar-refractivity contribution is 0.123. The molecule has 0 unspecified atom stereocenters. The molecule has 0 bridgehead atoms. The number of likely N-dealkylation sites (tertiary alicyclic amines) is 1. The monoisotopic (exact) mass is 281 g/mol. The van der Waals surface area contributed by atoms with Crippen LogP contribution in [0.15, 0.2) is 4.99 Å². The first-order valence-corrected chi connectivity index (χ1v) is 8.22. The Balaban J connectivity index is 1.68. The molecule has 1 aliphatic carbocycles. The molecule has 20 heavy (non-hydrogen) atoms. The molecule has 1 aliphatic heterocycles. The number of guanidine groups is 1. The van der Waals surface area contributed by atoms with Gasteiger partial charge in [0.25, 0.3) is 0 Å². The summed E-state index contributed by atoms with van der Waals surface area (Å²) in [5.41, 5.74) is 0.420. The summed E-state index contributed by atoms with van der Waals surface area (Å²) >= 11 is 0. The van der Waals surface area contributed by atoms with Crippen LogP contribution in [0.3, 0.4) is 0 Å². The van der Waals surface area contributed by atoms with E-state index in [9.17, 15) is 0 Å². The number of nitrogens with zero attached hydrogens (tertiary/aromatic N) is 2. The van der Waals surface area contributed by atoms with Crippen LogP contribution in [0.4, 0.5) is 0 Å². The minimum atomic E-state index is 0.420. The molecule has 4 heteroatoms. The molecule has 2 aliphatic rings. The molecular formula is C16H31N3O. The number of hydrogen-bond donors (Lipinski definition) is 1. The van der Waals surface area contributed by atoms with E-state index in [4.69, 9.17) is 9.73 Å². The molecule has 0 aromatic carbocycles. The first-order chi connectivity index (χ1) is 9.61. The highest BCUT2D eigenvalue weighted by atomic mass is 16.5. The molecule has 2 rings (SSSR count). The maximum Gasteiger partial charge on any atom is 0.193 e. The van der Waals surface area contributed by atoms with E-state index in [-0.39, 0.29) is 0 Å². The lowest BCUT2D eigenvalue weighted by Gasteiger charge is -2.23. The molecule has 1 N–H and O–H groups in total. The number of nitrogens with one attached hydrogen (secondary N) is 1. The molecule has 0 aromatic heterocycles. The van der Waals surface area contributed by atoms with Crippen molar-refractivity contribution in [2.24, 2.45) is 16.3 Å². The average molecular weight is 281 g/mol. The van der Waals surface area contributed by atoms with Gasteiger partial charge in [-0.1, -0.05) is 13.8 Å². The summed E-state index contributed by atoms with van der Waals surface area (Å²) in [6.45, 7) is 12.7. The minimum absolute atomic E-state index is 0.420. The van der Waals surface area contributed by atoms with Crippen LogP contribution in [-0.4, -0.2) is 50.3 Å². The Hall–Kier alpha value is -0.770. The zero-order valence-electron chi connectivity index (χ0n) is 13.5. The molecule has 0 spiro atoms. The van der Waals surface area contributed by atoms with Crippen LogP contribution in [0.2, 0.25) is 0 Å². The van der Waals surface area contributed by atoms with E-state index in [2.05, 4.69) is 31.0 Å². The Labute approximate surface area is 124 Å². The van der Waals surface area contributed by atoms with Crippen LogP contribution in [-0.2, 0) is 4.74 Å². The molecule has 0 amide bonds. The van der Waals surface area contributed by atoms with Gasteiger partial charge in [0, 0.05) is 39.4 Å². The second-order valence-electron chi connectivity index (χ2n) is 6.94. The second-order valence-corrected chi connectivity index (χ2v) is 6.94. The summed E-state index contributed by atoms with van der Waals surface area (Å²) in [6, 6.07) is 0. The van der Waals surface area contributed by atoms with Crippen molar-refractivity contribution in [1.29, 1.82) is 0 Å². The topological polar surface area (TPSA) is 36.9 Å². The van der Waals surface area contributed by atoms with Crippen molar-refractivity contribution in [1.82, 2.24) is 10.2 Å². The molecule has 1 saturated heterocycles. The van der Waals surface area contributed by atoms with E-state index in [1.165, 1.54) is 19.3 Å². The third-order valence-corrected chi connectivity index (χ3v) is 4.07. The van der Waals surface area contributed by atoms with Gasteiger partial charge < -0.3 is 15.0 Å². The first-order valence-electron chi connectivity index (χ1n) is 8.22. The van der Waals surface area contributed by atoms with E-state index in [1.807, 2.05) is 0 Å². The summed E-state index contributed by atoms with van der Waals surface area (Å²) in [4.78, 5) is 7.14. The third-order valence-electron chi connectivity index (χ3n) is 4.07. The van der Waals surface area contributed by atoms with Crippen molar-refractivity contribution >= 4 is 5.96 Å². The maximum absolute atomic E-state index is 5.65. The highest BCUT2D eigenvalue weighted by molar-refractivity contribution is 5.80. The highest BCUT2D eigenvalue weighted by Gasteiger charge is 2.30. The molecule has 116 valence electrons. The van der Waals surface area contributed by atoms with Gasteiger partial charge in [0.2, 0.25) is 0 Å². The summed E-state index contributed by atoms with van der Waals surface area (Å²) in [5.74, 6) is 1.95. The summed E-state index contributed by atoms with van der Waals surface area (Å²) in [5, 5.41) is 3.42. The van der Waals surface area contributed by atoms with Gasteiger partial charge in [0.05, 0.1) is 0 Å². The van der Waals surface area contributed by atoms with Crippen LogP contribution >= 0.6 is 0 Å². The minimum Gasteiger partial charge on any atom is -0.381 e. The summed E-state index contributed by atoms with van der Waals surface area (Å²) < 4.78 is 5.65. The fourth-order valence-electron chi connectivity index (χ4n) is 2.61. The highest BCUT2D eigenvalue weighted by Crippen LogP contribution is 2.29. The largest absolute Gasteiger partial charge is 0.381 e. The smallest absolute Gasteiger partial charge is 0.193 e. The van der Waals surface area contributed by atoms with Crippen molar-refractivity contribution in [2.45, 2.75) is 46.5 Å². The molecule has 2 fully saturated rings. The van der Waals surface area contributed by atoms with Crippen LogP contribution in [0.25, 0.3) is 0 Å². The van der Waals surface area contributed by atoms with Crippen molar-refractivity contribution < 1.29 is 4.74 Å². The van der Waals surface area contributed by atoms with Crippen molar-refractivity contribution in [3.8, 4) is 0 Å². The zero-order chi connectivity index (χ0) is 14.4. The SMILES string of the molecule is CCNC(=NCCCOCC1CC1)N1CCC(C)(C)C1. The van der Waals surface area contributed by atoms with E-state index in [0.717, 1.165) is 57.7 Å². The van der Waals surface area contributed by atoms with Gasteiger partial charge in [-0.2, -0.15) is 0 Å². The second kappa shape index (κ2) is 7.30. The average Bonchev–Trinajstić information content (AvgIpc) is 3.15. The third kappa shape index (κ3) is 5.31. The summed E-state index contributed by atoms with van der Waals surface area (Å²) in [6.07, 6.45) is 5.02. The zero-order valence-corrected chi connectivity index (χ0v) is 13.5. The molecule has 1 heterocycles. The van der Waals surface area contributed by atoms with Crippen LogP contribution in [0.1, 0.15) is 46.5 Å². The molecule has 0 aromatic rings. The fourth-order valence-corrected chi connectivity index (χ4v) is 2.61. The van der Waals surface area contributed by atoms with Gasteiger partial charge >= 0.3 is 0 Å². The van der Waals surface area contributed by atoms with E-state index < -0.39 is 0 Å². The summed E-state index contributed by atoms with van der Waals surface area (Å²) in [7, 11) is 0. The molecule has 0 radical (unpaired) electrons. The van der Waals surface area contributed by atoms with Gasteiger partial charge in [-0.3, -0.25) is 4.99 Å². The van der Waals surface area contributed by atoms with Crippen LogP contribution in [0.5, 0.6) is 0 Å². The number of rotatable bonds is 7. The Kier molecular flexibility index (Phi) is 5.70. The number of ether oxygens (including phenoxy) is 1. The Morgan fingerprint density at radius 1 is 1.40 bits per heavy atom. The lowest BCUT2D eigenvalue weighted by Crippen LogP contribution is -2.40. The van der Waals surface area contributed by atoms with Gasteiger partial charge in [0.1, 0.15) is 0 Å². The first kappa shape index (κ1) is 15.6. The van der Waals surface area contributed by atoms with Gasteiger partial charge in [-0.05, 0) is 43.9 Å². The van der Waals surface area contributed by atoms with E-state index in [1.54, 1.807) is 0 Å². The van der Waals surface area contributed by atoms with Gasteiger partial charge in [0.15, 0.2) is 5.96 Å². The lowest BCUT2D eigenvalue weighted by atomic mass is 9.93. The Bertz CT molecular complexity index is 324. The standard InChI is InChI=1S/C16H31N3O/c1-4-17-15(19-10-8-16(2,3)13-19)18-9-5-11-20-12-14-6-7-14/h14H,4-13H2,1-3H3,(H,17,18). The fraction of sp³-hybridized carbons (Fsp3) is 0.938. The quantitative estimate of drug-likeness (QED) is 0.442. The molecule has 0 atom stereocenters. The van der Waals surface area contributed by atoms with E-state index >= 15 is 0 Å². The van der Waals surface area contributed by atoms with Gasteiger partial charge in [-0.25, -0.2) is 0 Å². The normalized spacial score (nSPS) is 22.4. The van der Waals surface area contributed by atoms with Crippen molar-refractivity contribution in [2.75, 3.05) is 39.4 Å². The van der Waals surface area contributed by atoms with Crippen LogP contribution in [0, 0.1) is 11.3 Å². The maximum atomic E-state index is 5.65. The van der Waals surface area contributed by atoms with Crippen LogP contribution < -0.4 is 5.32 Å². The molecular weight excluding hydrogens is 250 g/mol. The Morgan fingerprint density at radius 3 is 2.80 bits per heavy atom. The number of aliphatic imine (C=N–C) groups is 1. The molecule has 4 nitrogen and oxygen atoms in total.